The number of fused-ring (bicyclic) bond motifs is 1. The molecule has 0 aliphatic carbocycles. The average Bonchev–Trinajstić information content (AvgIpc) is 2.78. The van der Waals surface area contributed by atoms with E-state index in [9.17, 15) is 13.2 Å². The number of benzene rings is 3. The summed E-state index contributed by atoms with van der Waals surface area (Å²) in [6, 6.07) is 13.4. The van der Waals surface area contributed by atoms with Gasteiger partial charge in [0.25, 0.3) is 15.9 Å². The third kappa shape index (κ3) is 5.10. The molecule has 0 unspecified atom stereocenters. The number of nitrogens with zero attached hydrogens (tertiary/aromatic N) is 2. The summed E-state index contributed by atoms with van der Waals surface area (Å²) in [6.45, 7) is 1.75. The van der Waals surface area contributed by atoms with Crippen LogP contribution in [0.25, 0.3) is 11.0 Å². The molecule has 3 aromatic carbocycles. The van der Waals surface area contributed by atoms with Crippen LogP contribution in [0.2, 0.25) is 15.1 Å². The van der Waals surface area contributed by atoms with Crippen molar-refractivity contribution in [1.82, 2.24) is 15.3 Å². The Balaban J connectivity index is 1.66. The van der Waals surface area contributed by atoms with Crippen molar-refractivity contribution in [3.05, 3.63) is 93.2 Å². The molecule has 0 bridgehead atoms. The van der Waals surface area contributed by atoms with Gasteiger partial charge in [0.1, 0.15) is 10.4 Å². The number of carbonyl (C=O) groups is 1. The fourth-order valence-electron chi connectivity index (χ4n) is 3.39. The summed E-state index contributed by atoms with van der Waals surface area (Å²) < 4.78 is 28.9. The van der Waals surface area contributed by atoms with Crippen molar-refractivity contribution in [2.24, 2.45) is 0 Å². The fourth-order valence-corrected chi connectivity index (χ4v) is 5.37. The highest BCUT2D eigenvalue weighted by Gasteiger charge is 2.23. The van der Waals surface area contributed by atoms with Crippen molar-refractivity contribution in [2.45, 2.75) is 17.9 Å². The van der Waals surface area contributed by atoms with Crippen molar-refractivity contribution >= 4 is 67.5 Å². The zero-order chi connectivity index (χ0) is 24.5. The van der Waals surface area contributed by atoms with Gasteiger partial charge < -0.3 is 5.32 Å². The lowest BCUT2D eigenvalue weighted by molar-refractivity contribution is 0.0941. The monoisotopic (exact) mass is 534 g/mol. The number of hydrogen-bond donors (Lipinski definition) is 2. The number of anilines is 1. The van der Waals surface area contributed by atoms with E-state index in [1.54, 1.807) is 37.3 Å². The number of hydrogen-bond acceptors (Lipinski definition) is 5. The van der Waals surface area contributed by atoms with Crippen molar-refractivity contribution in [2.75, 3.05) is 4.72 Å². The molecule has 1 atom stereocenters. The number of rotatable bonds is 6. The summed E-state index contributed by atoms with van der Waals surface area (Å²) in [5, 5.41) is 3.94. The fraction of sp³-hybridized carbons (Fsp3) is 0.0870. The highest BCUT2D eigenvalue weighted by molar-refractivity contribution is 7.93. The number of sulfonamides is 1. The number of aromatic nitrogens is 2. The summed E-state index contributed by atoms with van der Waals surface area (Å²) in [5.74, 6) is -0.523. The topological polar surface area (TPSA) is 101 Å². The third-order valence-electron chi connectivity index (χ3n) is 5.00. The normalized spacial score (nSPS) is 12.4. The number of carbonyl (C=O) groups excluding carboxylic acids is 1. The first-order chi connectivity index (χ1) is 16.2. The van der Waals surface area contributed by atoms with E-state index in [-0.39, 0.29) is 26.7 Å². The van der Waals surface area contributed by atoms with Gasteiger partial charge in [-0.25, -0.2) is 8.42 Å². The molecule has 1 amide bonds. The average molecular weight is 536 g/mol. The molecule has 4 rings (SSSR count). The van der Waals surface area contributed by atoms with E-state index >= 15 is 0 Å². The summed E-state index contributed by atoms with van der Waals surface area (Å²) in [6.07, 6.45) is 2.88. The van der Waals surface area contributed by atoms with Crippen molar-refractivity contribution in [3.63, 3.8) is 0 Å². The van der Waals surface area contributed by atoms with Crippen molar-refractivity contribution in [1.29, 1.82) is 0 Å². The van der Waals surface area contributed by atoms with Crippen LogP contribution in [0.4, 0.5) is 5.69 Å². The standard InChI is InChI=1S/C23H17Cl3N4O3S/c1-13(16-7-5-14(24)11-18(16)26)29-23(31)17-8-6-15(25)12-20(17)30-34(32,33)21-4-2-3-19-22(21)28-10-9-27-19/h2-13,30H,1H3,(H,29,31)/t13-/m1/s1. The van der Waals surface area contributed by atoms with E-state index in [1.165, 1.54) is 36.7 Å². The van der Waals surface area contributed by atoms with E-state index in [2.05, 4.69) is 20.0 Å². The minimum absolute atomic E-state index is 0.0142. The van der Waals surface area contributed by atoms with Crippen LogP contribution in [0.3, 0.4) is 0 Å². The van der Waals surface area contributed by atoms with Gasteiger partial charge in [0.15, 0.2) is 0 Å². The molecular weight excluding hydrogens is 519 g/mol. The first-order valence-corrected chi connectivity index (χ1v) is 12.6. The molecule has 0 radical (unpaired) electrons. The van der Waals surface area contributed by atoms with Crippen LogP contribution in [0, 0.1) is 0 Å². The Bertz CT molecular complexity index is 1510. The Labute approximate surface area is 211 Å². The largest absolute Gasteiger partial charge is 0.345 e. The van der Waals surface area contributed by atoms with Gasteiger partial charge in [-0.2, -0.15) is 0 Å². The SMILES string of the molecule is C[C@@H](NC(=O)c1ccc(Cl)cc1NS(=O)(=O)c1cccc2nccnc12)c1ccc(Cl)cc1Cl. The van der Waals surface area contributed by atoms with E-state index in [4.69, 9.17) is 34.8 Å². The van der Waals surface area contributed by atoms with Gasteiger partial charge in [-0.3, -0.25) is 19.5 Å². The van der Waals surface area contributed by atoms with Crippen LogP contribution in [0.1, 0.15) is 28.9 Å². The number of para-hydroxylation sites is 1. The molecule has 11 heteroatoms. The predicted molar refractivity (Wildman–Crippen MR) is 134 cm³/mol. The van der Waals surface area contributed by atoms with E-state index in [0.29, 0.717) is 21.1 Å². The summed E-state index contributed by atoms with van der Waals surface area (Å²) >= 11 is 18.3. The zero-order valence-electron chi connectivity index (χ0n) is 17.6. The van der Waals surface area contributed by atoms with Gasteiger partial charge >= 0.3 is 0 Å². The van der Waals surface area contributed by atoms with Gasteiger partial charge in [-0.15, -0.1) is 0 Å². The Morgan fingerprint density at radius 3 is 2.41 bits per heavy atom. The molecule has 174 valence electrons. The van der Waals surface area contributed by atoms with Crippen LogP contribution in [0.5, 0.6) is 0 Å². The zero-order valence-corrected chi connectivity index (χ0v) is 20.7. The van der Waals surface area contributed by atoms with Gasteiger partial charge in [-0.1, -0.05) is 46.9 Å². The molecule has 4 aromatic rings. The maximum atomic E-state index is 13.2. The quantitative estimate of drug-likeness (QED) is 0.321. The van der Waals surface area contributed by atoms with Crippen molar-refractivity contribution in [3.8, 4) is 0 Å². The number of amides is 1. The lowest BCUT2D eigenvalue weighted by Crippen LogP contribution is -2.28. The van der Waals surface area contributed by atoms with E-state index < -0.39 is 22.0 Å². The Morgan fingerprint density at radius 2 is 1.65 bits per heavy atom. The Morgan fingerprint density at radius 1 is 0.941 bits per heavy atom. The van der Waals surface area contributed by atoms with Gasteiger partial charge in [0.05, 0.1) is 22.8 Å². The third-order valence-corrected chi connectivity index (χ3v) is 7.19. The molecule has 0 aliphatic rings. The van der Waals surface area contributed by atoms with Crippen LogP contribution < -0.4 is 10.0 Å². The van der Waals surface area contributed by atoms with Gasteiger partial charge in [-0.05, 0) is 55.0 Å². The minimum Gasteiger partial charge on any atom is -0.345 e. The molecule has 7 nitrogen and oxygen atoms in total. The Hall–Kier alpha value is -2.91. The molecule has 0 fully saturated rings. The lowest BCUT2D eigenvalue weighted by Gasteiger charge is -2.18. The van der Waals surface area contributed by atoms with Gasteiger partial charge in [0, 0.05) is 27.5 Å². The summed E-state index contributed by atoms with van der Waals surface area (Å²) in [7, 11) is -4.13. The molecule has 1 aromatic heterocycles. The predicted octanol–water partition coefficient (Wildman–Crippen LogP) is 5.88. The Kier molecular flexibility index (Phi) is 6.95. The first kappa shape index (κ1) is 24.2. The molecular formula is C23H17Cl3N4O3S. The first-order valence-electron chi connectivity index (χ1n) is 9.93. The molecule has 1 heterocycles. The smallest absolute Gasteiger partial charge is 0.264 e. The molecule has 34 heavy (non-hydrogen) atoms. The van der Waals surface area contributed by atoms with Crippen LogP contribution in [0.15, 0.2) is 71.9 Å². The number of halogens is 3. The second kappa shape index (κ2) is 9.76. The second-order valence-electron chi connectivity index (χ2n) is 7.34. The minimum atomic E-state index is -4.13. The summed E-state index contributed by atoms with van der Waals surface area (Å²) in [5.41, 5.74) is 1.38. The highest BCUT2D eigenvalue weighted by Crippen LogP contribution is 2.29. The van der Waals surface area contributed by atoms with Crippen LogP contribution in [-0.2, 0) is 10.0 Å². The van der Waals surface area contributed by atoms with E-state index in [1.807, 2.05) is 0 Å². The maximum absolute atomic E-state index is 13.2. The maximum Gasteiger partial charge on any atom is 0.264 e. The molecule has 2 N–H and O–H groups in total. The molecule has 0 saturated heterocycles. The lowest BCUT2D eigenvalue weighted by atomic mass is 10.1. The highest BCUT2D eigenvalue weighted by atomic mass is 35.5. The van der Waals surface area contributed by atoms with E-state index in [0.717, 1.165) is 0 Å². The number of nitrogens with one attached hydrogen (secondary N) is 2. The molecule has 0 aliphatic heterocycles. The van der Waals surface area contributed by atoms with Crippen LogP contribution in [-0.4, -0.2) is 24.3 Å². The van der Waals surface area contributed by atoms with Crippen LogP contribution >= 0.6 is 34.8 Å². The van der Waals surface area contributed by atoms with Gasteiger partial charge in [0.2, 0.25) is 0 Å². The molecule has 0 saturated carbocycles. The van der Waals surface area contributed by atoms with Crippen molar-refractivity contribution < 1.29 is 13.2 Å². The second-order valence-corrected chi connectivity index (χ2v) is 10.3. The summed E-state index contributed by atoms with van der Waals surface area (Å²) in [4.78, 5) is 21.3. The molecule has 0 spiro atoms.